The van der Waals surface area contributed by atoms with Crippen LogP contribution in [0.5, 0.6) is 0 Å². The van der Waals surface area contributed by atoms with Crippen molar-refractivity contribution in [3.8, 4) is 12.3 Å². The molecule has 0 heteroatoms. The van der Waals surface area contributed by atoms with Crippen molar-refractivity contribution in [3.05, 3.63) is 53.1 Å². The van der Waals surface area contributed by atoms with E-state index in [-0.39, 0.29) is 0 Å². The highest BCUT2D eigenvalue weighted by molar-refractivity contribution is 5.74. The number of allylic oxidation sites excluding steroid dienone is 4. The Morgan fingerprint density at radius 1 is 1.39 bits per heavy atom. The van der Waals surface area contributed by atoms with Crippen LogP contribution in [0.1, 0.15) is 38.3 Å². The van der Waals surface area contributed by atoms with Gasteiger partial charge in [0.2, 0.25) is 0 Å². The third-order valence-corrected chi connectivity index (χ3v) is 3.05. The highest BCUT2D eigenvalue weighted by Crippen LogP contribution is 2.23. The fourth-order valence-corrected chi connectivity index (χ4v) is 1.90. The lowest BCUT2D eigenvalue weighted by Gasteiger charge is -2.11. The molecule has 0 aromatic heterocycles. The van der Waals surface area contributed by atoms with E-state index in [2.05, 4.69) is 70.0 Å². The first-order valence-corrected chi connectivity index (χ1v) is 6.45. The zero-order chi connectivity index (χ0) is 13.5. The number of hydrogen-bond acceptors (Lipinski definition) is 0. The average molecular weight is 238 g/mol. The van der Waals surface area contributed by atoms with E-state index in [1.54, 1.807) is 0 Å². The molecule has 1 rings (SSSR count). The summed E-state index contributed by atoms with van der Waals surface area (Å²) in [6.07, 6.45) is 10.5. The molecule has 0 nitrogen and oxygen atoms in total. The van der Waals surface area contributed by atoms with Crippen LogP contribution in [0.15, 0.2) is 42.0 Å². The summed E-state index contributed by atoms with van der Waals surface area (Å²) in [5.41, 5.74) is 5.10. The zero-order valence-corrected chi connectivity index (χ0v) is 11.8. The minimum atomic E-state index is 0.487. The molecule has 0 radical (unpaired) electrons. The van der Waals surface area contributed by atoms with Gasteiger partial charge in [0.05, 0.1) is 0 Å². The van der Waals surface area contributed by atoms with E-state index in [1.165, 1.54) is 22.3 Å². The second kappa shape index (κ2) is 6.87. The van der Waals surface area contributed by atoms with Gasteiger partial charge >= 0.3 is 0 Å². The SMILES string of the molecule is C#CC/C(=C\C(=C/C)c1cccc(C)c1)C(C)C. The van der Waals surface area contributed by atoms with E-state index in [1.807, 2.05) is 0 Å². The third-order valence-electron chi connectivity index (χ3n) is 3.05. The molecule has 0 aliphatic heterocycles. The Hall–Kier alpha value is -1.74. The van der Waals surface area contributed by atoms with Crippen molar-refractivity contribution in [3.63, 3.8) is 0 Å². The van der Waals surface area contributed by atoms with E-state index >= 15 is 0 Å². The van der Waals surface area contributed by atoms with Crippen molar-refractivity contribution < 1.29 is 0 Å². The van der Waals surface area contributed by atoms with Crippen LogP contribution in [0, 0.1) is 25.2 Å². The number of benzene rings is 1. The van der Waals surface area contributed by atoms with Gasteiger partial charge < -0.3 is 0 Å². The van der Waals surface area contributed by atoms with Gasteiger partial charge in [-0.1, -0.05) is 61.4 Å². The predicted octanol–water partition coefficient (Wildman–Crippen LogP) is 5.00. The van der Waals surface area contributed by atoms with Gasteiger partial charge in [-0.2, -0.15) is 0 Å². The molecule has 0 spiro atoms. The molecule has 0 N–H and O–H groups in total. The summed E-state index contributed by atoms with van der Waals surface area (Å²) in [7, 11) is 0. The van der Waals surface area contributed by atoms with Crippen molar-refractivity contribution in [1.82, 2.24) is 0 Å². The summed E-state index contributed by atoms with van der Waals surface area (Å²) >= 11 is 0. The summed E-state index contributed by atoms with van der Waals surface area (Å²) in [5, 5.41) is 0. The van der Waals surface area contributed by atoms with Crippen LogP contribution in [-0.2, 0) is 0 Å². The van der Waals surface area contributed by atoms with Crippen LogP contribution < -0.4 is 0 Å². The third kappa shape index (κ3) is 3.93. The maximum absolute atomic E-state index is 5.44. The average Bonchev–Trinajstić information content (AvgIpc) is 2.34. The van der Waals surface area contributed by atoms with E-state index in [4.69, 9.17) is 6.42 Å². The van der Waals surface area contributed by atoms with Gasteiger partial charge in [0.25, 0.3) is 0 Å². The fourth-order valence-electron chi connectivity index (χ4n) is 1.90. The van der Waals surface area contributed by atoms with E-state index in [9.17, 15) is 0 Å². The van der Waals surface area contributed by atoms with Crippen molar-refractivity contribution >= 4 is 5.57 Å². The Morgan fingerprint density at radius 3 is 2.61 bits per heavy atom. The Bertz CT molecular complexity index is 493. The van der Waals surface area contributed by atoms with Crippen molar-refractivity contribution in [2.24, 2.45) is 5.92 Å². The van der Waals surface area contributed by atoms with Gasteiger partial charge in [0.15, 0.2) is 0 Å². The smallest absolute Gasteiger partial charge is 0.0302 e. The molecule has 0 fully saturated rings. The van der Waals surface area contributed by atoms with Gasteiger partial charge in [0.1, 0.15) is 0 Å². The topological polar surface area (TPSA) is 0 Å². The molecule has 0 unspecified atom stereocenters. The Kier molecular flexibility index (Phi) is 5.46. The van der Waals surface area contributed by atoms with Crippen LogP contribution >= 0.6 is 0 Å². The largest absolute Gasteiger partial charge is 0.120 e. The summed E-state index contributed by atoms with van der Waals surface area (Å²) in [4.78, 5) is 0. The minimum absolute atomic E-state index is 0.487. The number of hydrogen-bond donors (Lipinski definition) is 0. The van der Waals surface area contributed by atoms with Crippen LogP contribution in [0.25, 0.3) is 5.57 Å². The molecular weight excluding hydrogens is 216 g/mol. The van der Waals surface area contributed by atoms with Crippen molar-refractivity contribution in [1.29, 1.82) is 0 Å². The van der Waals surface area contributed by atoms with Crippen molar-refractivity contribution in [2.75, 3.05) is 0 Å². The monoisotopic (exact) mass is 238 g/mol. The number of rotatable bonds is 4. The highest BCUT2D eigenvalue weighted by Gasteiger charge is 2.04. The molecule has 1 aromatic rings. The maximum Gasteiger partial charge on any atom is 0.0302 e. The molecule has 0 heterocycles. The van der Waals surface area contributed by atoms with Crippen LogP contribution in [0.2, 0.25) is 0 Å². The molecule has 1 aromatic carbocycles. The molecule has 0 bridgehead atoms. The minimum Gasteiger partial charge on any atom is -0.120 e. The van der Waals surface area contributed by atoms with Crippen LogP contribution in [0.3, 0.4) is 0 Å². The zero-order valence-electron chi connectivity index (χ0n) is 11.8. The van der Waals surface area contributed by atoms with Gasteiger partial charge in [-0.3, -0.25) is 0 Å². The summed E-state index contributed by atoms with van der Waals surface area (Å²) in [6, 6.07) is 8.57. The molecule has 0 amide bonds. The molecule has 0 atom stereocenters. The standard InChI is InChI=1S/C18H22/c1-6-9-17(14(3)4)13-16(7-2)18-11-8-10-15(5)12-18/h1,7-8,10-14H,9H2,2-5H3/b16-7+,17-13+. The molecule has 0 saturated heterocycles. The van der Waals surface area contributed by atoms with E-state index < -0.39 is 0 Å². The molecular formula is C18H22. The first kappa shape index (κ1) is 14.3. The first-order chi connectivity index (χ1) is 8.58. The second-order valence-electron chi connectivity index (χ2n) is 4.87. The second-order valence-corrected chi connectivity index (χ2v) is 4.87. The summed E-state index contributed by atoms with van der Waals surface area (Å²) < 4.78 is 0. The van der Waals surface area contributed by atoms with E-state index in [0.29, 0.717) is 5.92 Å². The Labute approximate surface area is 111 Å². The highest BCUT2D eigenvalue weighted by atomic mass is 14.1. The summed E-state index contributed by atoms with van der Waals surface area (Å²) in [5.74, 6) is 3.23. The maximum atomic E-state index is 5.44. The van der Waals surface area contributed by atoms with Gasteiger partial charge in [-0.25, -0.2) is 0 Å². The van der Waals surface area contributed by atoms with E-state index in [0.717, 1.165) is 6.42 Å². The number of aryl methyl sites for hydroxylation is 1. The lowest BCUT2D eigenvalue weighted by Crippen LogP contribution is -1.94. The van der Waals surface area contributed by atoms with Crippen LogP contribution in [0.4, 0.5) is 0 Å². The Morgan fingerprint density at radius 2 is 2.11 bits per heavy atom. The van der Waals surface area contributed by atoms with Crippen LogP contribution in [-0.4, -0.2) is 0 Å². The molecule has 0 saturated carbocycles. The lowest BCUT2D eigenvalue weighted by atomic mass is 9.94. The van der Waals surface area contributed by atoms with Crippen molar-refractivity contribution in [2.45, 2.75) is 34.1 Å². The summed E-state index contributed by atoms with van der Waals surface area (Å²) in [6.45, 7) is 8.56. The molecule has 18 heavy (non-hydrogen) atoms. The predicted molar refractivity (Wildman–Crippen MR) is 81.2 cm³/mol. The van der Waals surface area contributed by atoms with Gasteiger partial charge in [-0.05, 0) is 30.9 Å². The normalized spacial score (nSPS) is 12.7. The van der Waals surface area contributed by atoms with Gasteiger partial charge in [0, 0.05) is 6.42 Å². The fraction of sp³-hybridized carbons (Fsp3) is 0.333. The first-order valence-electron chi connectivity index (χ1n) is 6.45. The lowest BCUT2D eigenvalue weighted by molar-refractivity contribution is 0.752. The quantitative estimate of drug-likeness (QED) is 0.511. The van der Waals surface area contributed by atoms with Gasteiger partial charge in [-0.15, -0.1) is 12.3 Å². The number of terminal acetylenes is 1. The Balaban J connectivity index is 3.12. The molecule has 94 valence electrons. The molecule has 0 aliphatic rings. The molecule has 0 aliphatic carbocycles.